The summed E-state index contributed by atoms with van der Waals surface area (Å²) < 4.78 is 0. The highest BCUT2D eigenvalue weighted by molar-refractivity contribution is 5.45. The summed E-state index contributed by atoms with van der Waals surface area (Å²) in [4.78, 5) is 18.2. The minimum atomic E-state index is 0.699. The van der Waals surface area contributed by atoms with E-state index in [1.165, 1.54) is 19.3 Å². The highest BCUT2D eigenvalue weighted by Crippen LogP contribution is 2.19. The Kier molecular flexibility index (Phi) is 6.02. The summed E-state index contributed by atoms with van der Waals surface area (Å²) in [7, 11) is 2.04. The van der Waals surface area contributed by atoms with Crippen LogP contribution in [0.25, 0.3) is 0 Å². The van der Waals surface area contributed by atoms with Gasteiger partial charge in [-0.15, -0.1) is 0 Å². The molecule has 0 radical (unpaired) electrons. The summed E-state index contributed by atoms with van der Waals surface area (Å²) in [6.07, 6.45) is 5.90. The van der Waals surface area contributed by atoms with Crippen molar-refractivity contribution in [1.29, 1.82) is 0 Å². The second-order valence-corrected chi connectivity index (χ2v) is 5.66. The molecule has 0 spiro atoms. The van der Waals surface area contributed by atoms with Gasteiger partial charge in [0.15, 0.2) is 0 Å². The Morgan fingerprint density at radius 2 is 1.81 bits per heavy atom. The van der Waals surface area contributed by atoms with Gasteiger partial charge in [0.2, 0.25) is 17.8 Å². The number of anilines is 3. The molecule has 0 aromatic carbocycles. The molecule has 1 aromatic rings. The minimum absolute atomic E-state index is 0.699. The zero-order valence-corrected chi connectivity index (χ0v) is 13.6. The van der Waals surface area contributed by atoms with Crippen LogP contribution in [-0.2, 0) is 0 Å². The van der Waals surface area contributed by atoms with E-state index in [-0.39, 0.29) is 0 Å². The molecule has 0 unspecified atom stereocenters. The zero-order chi connectivity index (χ0) is 15.1. The second-order valence-electron chi connectivity index (χ2n) is 5.66. The van der Waals surface area contributed by atoms with Crippen molar-refractivity contribution in [3.05, 3.63) is 0 Å². The standard InChI is InChI=1S/C15H28N6/c1-4-9-16-13-17-14(20(3)10-5-2)19-15(18-13)21-11-7-6-8-12-21/h4-12H2,1-3H3,(H,16,17,18,19). The molecule has 2 heterocycles. The number of hydrogen-bond donors (Lipinski definition) is 1. The van der Waals surface area contributed by atoms with Crippen LogP contribution in [0.1, 0.15) is 46.0 Å². The summed E-state index contributed by atoms with van der Waals surface area (Å²) in [5.74, 6) is 2.29. The molecule has 0 saturated carbocycles. The van der Waals surface area contributed by atoms with Gasteiger partial charge in [-0.1, -0.05) is 13.8 Å². The highest BCUT2D eigenvalue weighted by Gasteiger charge is 2.17. The zero-order valence-electron chi connectivity index (χ0n) is 13.6. The summed E-state index contributed by atoms with van der Waals surface area (Å²) in [6.45, 7) is 8.25. The van der Waals surface area contributed by atoms with E-state index in [0.717, 1.165) is 50.9 Å². The molecule has 6 nitrogen and oxygen atoms in total. The maximum atomic E-state index is 4.67. The third-order valence-corrected chi connectivity index (χ3v) is 3.68. The highest BCUT2D eigenvalue weighted by atomic mass is 15.4. The van der Waals surface area contributed by atoms with E-state index in [1.54, 1.807) is 0 Å². The minimum Gasteiger partial charge on any atom is -0.354 e. The summed E-state index contributed by atoms with van der Waals surface area (Å²) in [6, 6.07) is 0. The van der Waals surface area contributed by atoms with E-state index in [1.807, 2.05) is 7.05 Å². The van der Waals surface area contributed by atoms with Crippen molar-refractivity contribution in [2.24, 2.45) is 0 Å². The van der Waals surface area contributed by atoms with E-state index in [9.17, 15) is 0 Å². The molecule has 1 saturated heterocycles. The van der Waals surface area contributed by atoms with Crippen molar-refractivity contribution in [3.8, 4) is 0 Å². The predicted molar refractivity (Wildman–Crippen MR) is 88.2 cm³/mol. The molecular formula is C15H28N6. The van der Waals surface area contributed by atoms with Gasteiger partial charge in [-0.05, 0) is 32.1 Å². The Bertz CT molecular complexity index is 430. The number of hydrogen-bond acceptors (Lipinski definition) is 6. The van der Waals surface area contributed by atoms with Gasteiger partial charge in [0.1, 0.15) is 0 Å². The maximum Gasteiger partial charge on any atom is 0.231 e. The Hall–Kier alpha value is -1.59. The fraction of sp³-hybridized carbons (Fsp3) is 0.800. The Morgan fingerprint density at radius 3 is 2.48 bits per heavy atom. The van der Waals surface area contributed by atoms with Crippen molar-refractivity contribution in [2.45, 2.75) is 46.0 Å². The molecule has 21 heavy (non-hydrogen) atoms. The fourth-order valence-corrected chi connectivity index (χ4v) is 2.51. The molecule has 1 aliphatic heterocycles. The molecule has 1 aromatic heterocycles. The van der Waals surface area contributed by atoms with Crippen LogP contribution in [0.2, 0.25) is 0 Å². The first-order chi connectivity index (χ1) is 10.2. The monoisotopic (exact) mass is 292 g/mol. The number of nitrogens with zero attached hydrogens (tertiary/aromatic N) is 5. The quantitative estimate of drug-likeness (QED) is 0.833. The summed E-state index contributed by atoms with van der Waals surface area (Å²) in [5.41, 5.74) is 0. The van der Waals surface area contributed by atoms with Gasteiger partial charge in [-0.2, -0.15) is 15.0 Å². The van der Waals surface area contributed by atoms with Crippen LogP contribution in [0, 0.1) is 0 Å². The van der Waals surface area contributed by atoms with Crippen LogP contribution in [0.4, 0.5) is 17.8 Å². The van der Waals surface area contributed by atoms with Crippen molar-refractivity contribution in [2.75, 3.05) is 48.3 Å². The molecule has 6 heteroatoms. The van der Waals surface area contributed by atoms with Crippen LogP contribution in [-0.4, -0.2) is 48.2 Å². The fourth-order valence-electron chi connectivity index (χ4n) is 2.51. The average molecular weight is 292 g/mol. The van der Waals surface area contributed by atoms with E-state index < -0.39 is 0 Å². The van der Waals surface area contributed by atoms with Crippen molar-refractivity contribution in [1.82, 2.24) is 15.0 Å². The van der Waals surface area contributed by atoms with Crippen molar-refractivity contribution < 1.29 is 0 Å². The molecule has 0 bridgehead atoms. The molecule has 0 aliphatic carbocycles. The van der Waals surface area contributed by atoms with Crippen LogP contribution in [0.3, 0.4) is 0 Å². The molecule has 1 N–H and O–H groups in total. The van der Waals surface area contributed by atoms with E-state index in [0.29, 0.717) is 5.95 Å². The molecule has 0 atom stereocenters. The van der Waals surface area contributed by atoms with Crippen LogP contribution in [0.15, 0.2) is 0 Å². The van der Waals surface area contributed by atoms with E-state index in [4.69, 9.17) is 0 Å². The van der Waals surface area contributed by atoms with Gasteiger partial charge < -0.3 is 15.1 Å². The van der Waals surface area contributed by atoms with Crippen LogP contribution >= 0.6 is 0 Å². The van der Waals surface area contributed by atoms with Gasteiger partial charge in [0.25, 0.3) is 0 Å². The van der Waals surface area contributed by atoms with Gasteiger partial charge >= 0.3 is 0 Å². The first kappa shape index (κ1) is 15.8. The number of rotatable bonds is 7. The molecule has 1 fully saturated rings. The van der Waals surface area contributed by atoms with Gasteiger partial charge in [-0.3, -0.25) is 0 Å². The Labute approximate surface area is 128 Å². The van der Waals surface area contributed by atoms with Gasteiger partial charge in [0, 0.05) is 33.2 Å². The van der Waals surface area contributed by atoms with Crippen molar-refractivity contribution in [3.63, 3.8) is 0 Å². The molecular weight excluding hydrogens is 264 g/mol. The summed E-state index contributed by atoms with van der Waals surface area (Å²) in [5, 5.41) is 3.30. The van der Waals surface area contributed by atoms with E-state index in [2.05, 4.69) is 43.9 Å². The first-order valence-electron chi connectivity index (χ1n) is 8.20. The topological polar surface area (TPSA) is 57.2 Å². The predicted octanol–water partition coefficient (Wildman–Crippen LogP) is 2.53. The SMILES string of the molecule is CCCNc1nc(N(C)CCC)nc(N2CCCCC2)n1. The third kappa shape index (κ3) is 4.44. The Balaban J connectivity index is 2.22. The lowest BCUT2D eigenvalue weighted by atomic mass is 10.1. The maximum absolute atomic E-state index is 4.67. The number of nitrogens with one attached hydrogen (secondary N) is 1. The summed E-state index contributed by atoms with van der Waals surface area (Å²) >= 11 is 0. The number of aromatic nitrogens is 3. The Morgan fingerprint density at radius 1 is 1.05 bits per heavy atom. The average Bonchev–Trinajstić information content (AvgIpc) is 2.53. The second kappa shape index (κ2) is 8.00. The normalized spacial score (nSPS) is 15.1. The first-order valence-corrected chi connectivity index (χ1v) is 8.20. The van der Waals surface area contributed by atoms with Crippen LogP contribution < -0.4 is 15.1 Å². The van der Waals surface area contributed by atoms with Gasteiger partial charge in [-0.25, -0.2) is 0 Å². The van der Waals surface area contributed by atoms with Crippen molar-refractivity contribution >= 4 is 17.8 Å². The molecule has 1 aliphatic rings. The molecule has 2 rings (SSSR count). The third-order valence-electron chi connectivity index (χ3n) is 3.68. The van der Waals surface area contributed by atoms with Crippen LogP contribution in [0.5, 0.6) is 0 Å². The van der Waals surface area contributed by atoms with Gasteiger partial charge in [0.05, 0.1) is 0 Å². The molecule has 118 valence electrons. The lowest BCUT2D eigenvalue weighted by molar-refractivity contribution is 0.567. The lowest BCUT2D eigenvalue weighted by Gasteiger charge is -2.28. The van der Waals surface area contributed by atoms with E-state index >= 15 is 0 Å². The lowest BCUT2D eigenvalue weighted by Crippen LogP contribution is -2.32. The smallest absolute Gasteiger partial charge is 0.231 e. The number of piperidine rings is 1. The molecule has 0 amide bonds. The largest absolute Gasteiger partial charge is 0.354 e.